The van der Waals surface area contributed by atoms with Gasteiger partial charge in [0.15, 0.2) is 0 Å². The summed E-state index contributed by atoms with van der Waals surface area (Å²) in [6.07, 6.45) is 5.56. The zero-order valence-electron chi connectivity index (χ0n) is 11.9. The van der Waals surface area contributed by atoms with Gasteiger partial charge in [0, 0.05) is 6.07 Å². The Balaban J connectivity index is 2.16. The Morgan fingerprint density at radius 3 is 2.65 bits per heavy atom. The van der Waals surface area contributed by atoms with Crippen LogP contribution in [0.25, 0.3) is 0 Å². The molecule has 2 N–H and O–H groups in total. The highest BCUT2D eigenvalue weighted by Gasteiger charge is 2.39. The Kier molecular flexibility index (Phi) is 4.42. The standard InChI is InChI=1S/C14H21N3O3/c1-10(2)20-12-8-11(15-9-16-12)17-14(13(18)19)6-4-3-5-7-14/h8-10H,3-7H2,1-2H3,(H,18,19)(H,15,16,17). The zero-order valence-corrected chi connectivity index (χ0v) is 11.9. The number of nitrogens with zero attached hydrogens (tertiary/aromatic N) is 2. The van der Waals surface area contributed by atoms with E-state index >= 15 is 0 Å². The van der Waals surface area contributed by atoms with Gasteiger partial charge < -0.3 is 15.2 Å². The summed E-state index contributed by atoms with van der Waals surface area (Å²) in [7, 11) is 0. The summed E-state index contributed by atoms with van der Waals surface area (Å²) < 4.78 is 5.50. The summed E-state index contributed by atoms with van der Waals surface area (Å²) in [6.45, 7) is 3.82. The number of nitrogens with one attached hydrogen (secondary N) is 1. The first-order valence-electron chi connectivity index (χ1n) is 7.02. The van der Waals surface area contributed by atoms with Gasteiger partial charge in [0.25, 0.3) is 0 Å². The minimum Gasteiger partial charge on any atom is -0.480 e. The van der Waals surface area contributed by atoms with Crippen molar-refractivity contribution in [2.75, 3.05) is 5.32 Å². The van der Waals surface area contributed by atoms with Crippen LogP contribution in [0, 0.1) is 0 Å². The number of carboxylic acids is 1. The second-order valence-corrected chi connectivity index (χ2v) is 5.48. The highest BCUT2D eigenvalue weighted by Crippen LogP contribution is 2.32. The molecule has 6 heteroatoms. The molecule has 0 saturated heterocycles. The van der Waals surface area contributed by atoms with E-state index in [-0.39, 0.29) is 6.10 Å². The number of rotatable bonds is 5. The number of carboxylic acid groups (broad SMARTS) is 1. The summed E-state index contributed by atoms with van der Waals surface area (Å²) in [5.41, 5.74) is -0.915. The van der Waals surface area contributed by atoms with E-state index in [1.165, 1.54) is 6.33 Å². The van der Waals surface area contributed by atoms with Crippen molar-refractivity contribution >= 4 is 11.8 Å². The molecule has 1 aliphatic rings. The molecule has 0 aliphatic heterocycles. The van der Waals surface area contributed by atoms with Crippen molar-refractivity contribution in [2.45, 2.75) is 57.6 Å². The van der Waals surface area contributed by atoms with E-state index in [4.69, 9.17) is 4.74 Å². The highest BCUT2D eigenvalue weighted by molar-refractivity contribution is 5.82. The van der Waals surface area contributed by atoms with E-state index in [1.54, 1.807) is 6.07 Å². The maximum absolute atomic E-state index is 11.6. The molecule has 1 aromatic heterocycles. The summed E-state index contributed by atoms with van der Waals surface area (Å²) in [4.78, 5) is 19.7. The maximum atomic E-state index is 11.6. The summed E-state index contributed by atoms with van der Waals surface area (Å²) >= 11 is 0. The Bertz CT molecular complexity index is 470. The smallest absolute Gasteiger partial charge is 0.329 e. The Morgan fingerprint density at radius 2 is 2.05 bits per heavy atom. The van der Waals surface area contributed by atoms with Gasteiger partial charge in [0.2, 0.25) is 5.88 Å². The van der Waals surface area contributed by atoms with Gasteiger partial charge in [-0.1, -0.05) is 19.3 Å². The quantitative estimate of drug-likeness (QED) is 0.861. The molecule has 0 aromatic carbocycles. The predicted molar refractivity (Wildman–Crippen MR) is 74.9 cm³/mol. The molecule has 2 rings (SSSR count). The van der Waals surface area contributed by atoms with Gasteiger partial charge in [-0.25, -0.2) is 14.8 Å². The van der Waals surface area contributed by atoms with Crippen LogP contribution in [0.3, 0.4) is 0 Å². The Labute approximate surface area is 118 Å². The van der Waals surface area contributed by atoms with E-state index < -0.39 is 11.5 Å². The molecule has 20 heavy (non-hydrogen) atoms. The molecule has 0 bridgehead atoms. The number of ether oxygens (including phenoxy) is 1. The number of anilines is 1. The fourth-order valence-electron chi connectivity index (χ4n) is 2.51. The zero-order chi connectivity index (χ0) is 14.6. The largest absolute Gasteiger partial charge is 0.480 e. The molecule has 1 aromatic rings. The molecular weight excluding hydrogens is 258 g/mol. The second-order valence-electron chi connectivity index (χ2n) is 5.48. The third-order valence-electron chi connectivity index (χ3n) is 3.48. The molecule has 1 aliphatic carbocycles. The number of aliphatic carboxylic acids is 1. The van der Waals surface area contributed by atoms with Crippen molar-refractivity contribution < 1.29 is 14.6 Å². The fraction of sp³-hybridized carbons (Fsp3) is 0.643. The van der Waals surface area contributed by atoms with Gasteiger partial charge in [-0.2, -0.15) is 0 Å². The van der Waals surface area contributed by atoms with Crippen LogP contribution in [0.15, 0.2) is 12.4 Å². The Hall–Kier alpha value is -1.85. The monoisotopic (exact) mass is 279 g/mol. The van der Waals surface area contributed by atoms with Gasteiger partial charge in [-0.15, -0.1) is 0 Å². The topological polar surface area (TPSA) is 84.3 Å². The lowest BCUT2D eigenvalue weighted by Crippen LogP contribution is -2.48. The molecular formula is C14H21N3O3. The highest BCUT2D eigenvalue weighted by atomic mass is 16.5. The molecule has 110 valence electrons. The summed E-state index contributed by atoms with van der Waals surface area (Å²) in [5, 5.41) is 12.6. The summed E-state index contributed by atoms with van der Waals surface area (Å²) in [6, 6.07) is 1.65. The minimum absolute atomic E-state index is 0.0147. The van der Waals surface area contributed by atoms with Crippen molar-refractivity contribution in [2.24, 2.45) is 0 Å². The van der Waals surface area contributed by atoms with E-state index in [0.717, 1.165) is 19.3 Å². The third-order valence-corrected chi connectivity index (χ3v) is 3.48. The van der Waals surface area contributed by atoms with Crippen LogP contribution in [0.4, 0.5) is 5.82 Å². The predicted octanol–water partition coefficient (Wildman–Crippen LogP) is 2.46. The number of carbonyl (C=O) groups is 1. The molecule has 0 spiro atoms. The molecule has 0 atom stereocenters. The van der Waals surface area contributed by atoms with Crippen molar-refractivity contribution in [3.63, 3.8) is 0 Å². The molecule has 0 unspecified atom stereocenters. The van der Waals surface area contributed by atoms with Crippen LogP contribution in [-0.2, 0) is 4.79 Å². The van der Waals surface area contributed by atoms with Gasteiger partial charge in [0.1, 0.15) is 17.7 Å². The number of hydrogen-bond donors (Lipinski definition) is 2. The first-order chi connectivity index (χ1) is 9.52. The van der Waals surface area contributed by atoms with Gasteiger partial charge in [0.05, 0.1) is 6.10 Å². The van der Waals surface area contributed by atoms with Crippen molar-refractivity contribution in [3.05, 3.63) is 12.4 Å². The first kappa shape index (κ1) is 14.6. The van der Waals surface area contributed by atoms with Crippen LogP contribution in [0.5, 0.6) is 5.88 Å². The molecule has 1 fully saturated rings. The van der Waals surface area contributed by atoms with Crippen molar-refractivity contribution in [3.8, 4) is 5.88 Å². The maximum Gasteiger partial charge on any atom is 0.329 e. The number of aromatic nitrogens is 2. The van der Waals surface area contributed by atoms with E-state index in [1.807, 2.05) is 13.8 Å². The Morgan fingerprint density at radius 1 is 1.35 bits per heavy atom. The molecule has 0 radical (unpaired) electrons. The van der Waals surface area contributed by atoms with Gasteiger partial charge in [-0.3, -0.25) is 0 Å². The average molecular weight is 279 g/mol. The van der Waals surface area contributed by atoms with Crippen LogP contribution in [0.1, 0.15) is 46.0 Å². The summed E-state index contributed by atoms with van der Waals surface area (Å²) in [5.74, 6) is 0.135. The lowest BCUT2D eigenvalue weighted by molar-refractivity contribution is -0.143. The molecule has 1 saturated carbocycles. The van der Waals surface area contributed by atoms with Crippen LogP contribution < -0.4 is 10.1 Å². The SMILES string of the molecule is CC(C)Oc1cc(NC2(C(=O)O)CCCCC2)ncn1. The normalized spacial score (nSPS) is 17.8. The second kappa shape index (κ2) is 6.07. The van der Waals surface area contributed by atoms with Crippen LogP contribution in [-0.4, -0.2) is 32.7 Å². The lowest BCUT2D eigenvalue weighted by Gasteiger charge is -2.34. The molecule has 0 amide bonds. The number of hydrogen-bond acceptors (Lipinski definition) is 5. The first-order valence-corrected chi connectivity index (χ1v) is 7.02. The third kappa shape index (κ3) is 3.37. The van der Waals surface area contributed by atoms with Crippen LogP contribution in [0.2, 0.25) is 0 Å². The fourth-order valence-corrected chi connectivity index (χ4v) is 2.51. The van der Waals surface area contributed by atoms with Crippen LogP contribution >= 0.6 is 0 Å². The molecule has 1 heterocycles. The lowest BCUT2D eigenvalue weighted by atomic mass is 9.81. The average Bonchev–Trinajstić information content (AvgIpc) is 2.39. The van der Waals surface area contributed by atoms with Gasteiger partial charge in [-0.05, 0) is 26.7 Å². The van der Waals surface area contributed by atoms with E-state index in [0.29, 0.717) is 24.5 Å². The molecule has 6 nitrogen and oxygen atoms in total. The van der Waals surface area contributed by atoms with Crippen molar-refractivity contribution in [1.29, 1.82) is 0 Å². The van der Waals surface area contributed by atoms with Gasteiger partial charge >= 0.3 is 5.97 Å². The van der Waals surface area contributed by atoms with E-state index in [9.17, 15) is 9.90 Å². The van der Waals surface area contributed by atoms with Crippen molar-refractivity contribution in [1.82, 2.24) is 9.97 Å². The van der Waals surface area contributed by atoms with E-state index in [2.05, 4.69) is 15.3 Å². The minimum atomic E-state index is -0.915.